The lowest BCUT2D eigenvalue weighted by atomic mass is 10.1. The zero-order valence-electron chi connectivity index (χ0n) is 13.5. The normalized spacial score (nSPS) is 18.0. The van der Waals surface area contributed by atoms with Crippen molar-refractivity contribution in [3.8, 4) is 0 Å². The van der Waals surface area contributed by atoms with Gasteiger partial charge in [0.2, 0.25) is 20.0 Å². The maximum atomic E-state index is 12.7. The summed E-state index contributed by atoms with van der Waals surface area (Å²) in [5.41, 5.74) is 0. The summed E-state index contributed by atoms with van der Waals surface area (Å²) in [5, 5.41) is 0. The summed E-state index contributed by atoms with van der Waals surface area (Å²) in [6, 6.07) is 5.36. The molecule has 0 amide bonds. The van der Waals surface area contributed by atoms with Gasteiger partial charge < -0.3 is 0 Å². The number of nitrogens with zero attached hydrogens (tertiary/aromatic N) is 1. The SMILES string of the molecule is CNS(=O)(=O)c1ccc(S(=O)(=O)N(C)C2CCCCCC2)cc1. The van der Waals surface area contributed by atoms with E-state index in [1.54, 1.807) is 7.05 Å². The van der Waals surface area contributed by atoms with Gasteiger partial charge >= 0.3 is 0 Å². The Balaban J connectivity index is 2.25. The average Bonchev–Trinajstić information content (AvgIpc) is 2.83. The van der Waals surface area contributed by atoms with E-state index >= 15 is 0 Å². The molecule has 0 heterocycles. The number of hydrogen-bond acceptors (Lipinski definition) is 4. The van der Waals surface area contributed by atoms with Crippen LogP contribution >= 0.6 is 0 Å². The van der Waals surface area contributed by atoms with Crippen molar-refractivity contribution >= 4 is 20.0 Å². The van der Waals surface area contributed by atoms with Crippen LogP contribution in [0.5, 0.6) is 0 Å². The lowest BCUT2D eigenvalue weighted by molar-refractivity contribution is 0.335. The number of nitrogens with one attached hydrogen (secondary N) is 1. The Hall–Kier alpha value is -0.960. The number of benzene rings is 1. The van der Waals surface area contributed by atoms with Crippen LogP contribution in [0.2, 0.25) is 0 Å². The van der Waals surface area contributed by atoms with Crippen molar-refractivity contribution in [1.29, 1.82) is 0 Å². The molecule has 0 aromatic heterocycles. The smallest absolute Gasteiger partial charge is 0.214 e. The highest BCUT2D eigenvalue weighted by Gasteiger charge is 2.28. The molecule has 1 aromatic rings. The summed E-state index contributed by atoms with van der Waals surface area (Å²) in [6.45, 7) is 0. The zero-order valence-corrected chi connectivity index (χ0v) is 15.2. The van der Waals surface area contributed by atoms with E-state index in [0.717, 1.165) is 38.5 Å². The van der Waals surface area contributed by atoms with E-state index in [1.165, 1.54) is 35.6 Å². The molecule has 0 aliphatic heterocycles. The molecule has 0 unspecified atom stereocenters. The van der Waals surface area contributed by atoms with Gasteiger partial charge in [-0.3, -0.25) is 0 Å². The van der Waals surface area contributed by atoms with Crippen LogP contribution in [-0.2, 0) is 20.0 Å². The minimum atomic E-state index is -3.61. The largest absolute Gasteiger partial charge is 0.243 e. The van der Waals surface area contributed by atoms with Crippen molar-refractivity contribution in [3.63, 3.8) is 0 Å². The Morgan fingerprint density at radius 1 is 0.913 bits per heavy atom. The van der Waals surface area contributed by atoms with Crippen LogP contribution in [0.1, 0.15) is 38.5 Å². The van der Waals surface area contributed by atoms with E-state index in [2.05, 4.69) is 4.72 Å². The Kier molecular flexibility index (Phi) is 5.83. The molecule has 0 spiro atoms. The van der Waals surface area contributed by atoms with Crippen LogP contribution in [0, 0.1) is 0 Å². The van der Waals surface area contributed by atoms with Crippen LogP contribution in [0.3, 0.4) is 0 Å². The predicted molar refractivity (Wildman–Crippen MR) is 89.1 cm³/mol. The fourth-order valence-electron chi connectivity index (χ4n) is 2.89. The third-order valence-electron chi connectivity index (χ3n) is 4.42. The van der Waals surface area contributed by atoms with E-state index in [1.807, 2.05) is 0 Å². The Morgan fingerprint density at radius 2 is 1.39 bits per heavy atom. The lowest BCUT2D eigenvalue weighted by Gasteiger charge is -2.26. The maximum Gasteiger partial charge on any atom is 0.243 e. The minimum absolute atomic E-state index is 0.0169. The molecule has 8 heteroatoms. The van der Waals surface area contributed by atoms with E-state index in [-0.39, 0.29) is 15.8 Å². The van der Waals surface area contributed by atoms with Gasteiger partial charge in [-0.15, -0.1) is 0 Å². The lowest BCUT2D eigenvalue weighted by Crippen LogP contribution is -2.36. The van der Waals surface area contributed by atoms with Gasteiger partial charge in [0, 0.05) is 13.1 Å². The average molecular weight is 361 g/mol. The monoisotopic (exact) mass is 360 g/mol. The fraction of sp³-hybridized carbons (Fsp3) is 0.600. The molecule has 2 rings (SSSR count). The second-order valence-corrected chi connectivity index (χ2v) is 9.73. The molecule has 23 heavy (non-hydrogen) atoms. The van der Waals surface area contributed by atoms with Gasteiger partial charge in [0.15, 0.2) is 0 Å². The topological polar surface area (TPSA) is 83.5 Å². The van der Waals surface area contributed by atoms with Gasteiger partial charge in [0.1, 0.15) is 0 Å². The highest BCUT2D eigenvalue weighted by molar-refractivity contribution is 7.89. The molecule has 0 atom stereocenters. The van der Waals surface area contributed by atoms with Gasteiger partial charge in [-0.2, -0.15) is 4.31 Å². The molecule has 130 valence electrons. The van der Waals surface area contributed by atoms with Gasteiger partial charge in [-0.1, -0.05) is 25.7 Å². The number of hydrogen-bond donors (Lipinski definition) is 1. The van der Waals surface area contributed by atoms with Gasteiger partial charge in [0.05, 0.1) is 9.79 Å². The molecule has 1 fully saturated rings. The Bertz CT molecular complexity index is 719. The standard InChI is InChI=1S/C15H24N2O4S2/c1-16-22(18,19)14-9-11-15(12-10-14)23(20,21)17(2)13-7-5-3-4-6-8-13/h9-13,16H,3-8H2,1-2H3. The van der Waals surface area contributed by atoms with Crippen molar-refractivity contribution in [2.24, 2.45) is 0 Å². The molecular weight excluding hydrogens is 336 g/mol. The van der Waals surface area contributed by atoms with Crippen molar-refractivity contribution in [2.75, 3.05) is 14.1 Å². The molecule has 1 N–H and O–H groups in total. The quantitative estimate of drug-likeness (QED) is 0.814. The highest BCUT2D eigenvalue weighted by Crippen LogP contribution is 2.26. The van der Waals surface area contributed by atoms with Crippen LogP contribution < -0.4 is 4.72 Å². The van der Waals surface area contributed by atoms with Crippen LogP contribution in [0.25, 0.3) is 0 Å². The van der Waals surface area contributed by atoms with E-state index in [4.69, 9.17) is 0 Å². The van der Waals surface area contributed by atoms with Crippen LogP contribution in [-0.4, -0.2) is 41.3 Å². The maximum absolute atomic E-state index is 12.7. The molecule has 1 aromatic carbocycles. The molecule has 0 saturated heterocycles. The molecule has 1 aliphatic carbocycles. The van der Waals surface area contributed by atoms with Crippen molar-refractivity contribution in [1.82, 2.24) is 9.03 Å². The predicted octanol–water partition coefficient (Wildman–Crippen LogP) is 1.94. The Morgan fingerprint density at radius 3 is 1.87 bits per heavy atom. The van der Waals surface area contributed by atoms with E-state index in [0.29, 0.717) is 0 Å². The number of rotatable bonds is 5. The van der Waals surface area contributed by atoms with E-state index < -0.39 is 20.0 Å². The summed E-state index contributed by atoms with van der Waals surface area (Å²) in [6.07, 6.45) is 6.15. The summed E-state index contributed by atoms with van der Waals surface area (Å²) in [7, 11) is -4.24. The third kappa shape index (κ3) is 4.12. The van der Waals surface area contributed by atoms with Gasteiger partial charge in [0.25, 0.3) is 0 Å². The van der Waals surface area contributed by atoms with Gasteiger partial charge in [-0.05, 0) is 44.2 Å². The first-order valence-corrected chi connectivity index (χ1v) is 10.7. The molecule has 0 bridgehead atoms. The summed E-state index contributed by atoms with van der Waals surface area (Å²) in [4.78, 5) is 0.176. The molecule has 1 aliphatic rings. The Labute approximate surface area is 139 Å². The summed E-state index contributed by atoms with van der Waals surface area (Å²) in [5.74, 6) is 0. The van der Waals surface area contributed by atoms with Gasteiger partial charge in [-0.25, -0.2) is 21.6 Å². The molecule has 6 nitrogen and oxygen atoms in total. The summed E-state index contributed by atoms with van der Waals surface area (Å²) >= 11 is 0. The number of sulfonamides is 2. The van der Waals surface area contributed by atoms with E-state index in [9.17, 15) is 16.8 Å². The highest BCUT2D eigenvalue weighted by atomic mass is 32.2. The minimum Gasteiger partial charge on any atom is -0.214 e. The first kappa shape index (κ1) is 18.4. The second kappa shape index (κ2) is 7.29. The first-order valence-electron chi connectivity index (χ1n) is 7.80. The molecule has 0 radical (unpaired) electrons. The first-order chi connectivity index (χ1) is 10.8. The fourth-order valence-corrected chi connectivity index (χ4v) is 5.04. The third-order valence-corrected chi connectivity index (χ3v) is 7.77. The van der Waals surface area contributed by atoms with Crippen LogP contribution in [0.15, 0.2) is 34.1 Å². The van der Waals surface area contributed by atoms with Crippen molar-refractivity contribution in [2.45, 2.75) is 54.4 Å². The molecule has 1 saturated carbocycles. The summed E-state index contributed by atoms with van der Waals surface area (Å²) < 4.78 is 52.5. The zero-order chi connectivity index (χ0) is 17.1. The second-order valence-electron chi connectivity index (χ2n) is 5.85. The van der Waals surface area contributed by atoms with Crippen molar-refractivity contribution < 1.29 is 16.8 Å². The molecular formula is C15H24N2O4S2. The van der Waals surface area contributed by atoms with Crippen molar-refractivity contribution in [3.05, 3.63) is 24.3 Å². The van der Waals surface area contributed by atoms with Crippen LogP contribution in [0.4, 0.5) is 0 Å².